The number of benzene rings is 2. The molecule has 0 unspecified atom stereocenters. The number of nitrogens with one attached hydrogen (secondary N) is 1. The van der Waals surface area contributed by atoms with E-state index in [1.165, 1.54) is 19.1 Å². The number of aromatic nitrogens is 3. The first-order chi connectivity index (χ1) is 18.2. The predicted octanol–water partition coefficient (Wildman–Crippen LogP) is 6.07. The Kier molecular flexibility index (Phi) is 8.05. The van der Waals surface area contributed by atoms with Crippen LogP contribution >= 0.6 is 11.6 Å². The predicted molar refractivity (Wildman–Crippen MR) is 147 cm³/mol. The van der Waals surface area contributed by atoms with Crippen molar-refractivity contribution >= 4 is 47.0 Å². The molecule has 5 rings (SSSR count). The van der Waals surface area contributed by atoms with E-state index in [1.54, 1.807) is 30.3 Å². The topological polar surface area (TPSA) is 114 Å². The van der Waals surface area contributed by atoms with Crippen molar-refractivity contribution in [1.82, 2.24) is 15.0 Å². The lowest BCUT2D eigenvalue weighted by atomic mass is 10.1. The van der Waals surface area contributed by atoms with Crippen LogP contribution in [0.4, 0.5) is 29.2 Å². The SMILES string of the molecule is Oc1ccc(N=Nc2ccccc2Cl)cc1/C=N\Nc1nc(N2CCCCC2)nc(N2CCCCC2)n1. The van der Waals surface area contributed by atoms with Crippen molar-refractivity contribution in [2.75, 3.05) is 41.4 Å². The molecule has 37 heavy (non-hydrogen) atoms. The van der Waals surface area contributed by atoms with Crippen LogP contribution < -0.4 is 15.2 Å². The van der Waals surface area contributed by atoms with Gasteiger partial charge in [-0.15, -0.1) is 5.11 Å². The van der Waals surface area contributed by atoms with Crippen molar-refractivity contribution in [1.29, 1.82) is 0 Å². The molecule has 2 saturated heterocycles. The van der Waals surface area contributed by atoms with Crippen molar-refractivity contribution in [3.05, 3.63) is 53.1 Å². The lowest BCUT2D eigenvalue weighted by Crippen LogP contribution is -2.34. The minimum Gasteiger partial charge on any atom is -0.507 e. The van der Waals surface area contributed by atoms with Crippen LogP contribution in [0.25, 0.3) is 0 Å². The number of hydrogen-bond acceptors (Lipinski definition) is 10. The largest absolute Gasteiger partial charge is 0.507 e. The van der Waals surface area contributed by atoms with Crippen molar-refractivity contribution in [2.24, 2.45) is 15.3 Å². The van der Waals surface area contributed by atoms with Gasteiger partial charge >= 0.3 is 0 Å². The Bertz CT molecular complexity index is 1230. The molecule has 0 radical (unpaired) electrons. The number of halogens is 1. The lowest BCUT2D eigenvalue weighted by Gasteiger charge is -2.30. The number of hydrazone groups is 1. The van der Waals surface area contributed by atoms with Crippen LogP contribution in [-0.4, -0.2) is 52.5 Å². The van der Waals surface area contributed by atoms with E-state index in [4.69, 9.17) is 16.6 Å². The smallest absolute Gasteiger partial charge is 0.250 e. The number of phenolic OH excluding ortho intramolecular Hbond substituents is 1. The molecule has 2 N–H and O–H groups in total. The highest BCUT2D eigenvalue weighted by Crippen LogP contribution is 2.28. The van der Waals surface area contributed by atoms with Gasteiger partial charge in [-0.2, -0.15) is 25.2 Å². The minimum absolute atomic E-state index is 0.0703. The summed E-state index contributed by atoms with van der Waals surface area (Å²) in [6, 6.07) is 12.1. The number of hydrogen-bond donors (Lipinski definition) is 2. The maximum Gasteiger partial charge on any atom is 0.250 e. The zero-order valence-corrected chi connectivity index (χ0v) is 21.3. The molecular formula is C26H30ClN9O. The Labute approximate surface area is 221 Å². The molecule has 0 aliphatic carbocycles. The molecule has 10 nitrogen and oxygen atoms in total. The third-order valence-electron chi connectivity index (χ3n) is 6.39. The zero-order chi connectivity index (χ0) is 25.5. The second kappa shape index (κ2) is 12.0. The standard InChI is InChI=1S/C26H30ClN9O/c27-21-9-3-4-10-22(21)33-32-20-11-12-23(37)19(17-20)18-28-34-24-29-25(35-13-5-1-6-14-35)31-26(30-24)36-15-7-2-8-16-36/h3-4,9-12,17-18,37H,1-2,5-8,13-16H2,(H,29,30,31,34)/b28-18-,33-32?. The number of aromatic hydroxyl groups is 1. The molecule has 0 bridgehead atoms. The highest BCUT2D eigenvalue weighted by atomic mass is 35.5. The molecule has 2 aliphatic heterocycles. The molecule has 2 aromatic carbocycles. The summed E-state index contributed by atoms with van der Waals surface area (Å²) in [7, 11) is 0. The second-order valence-corrected chi connectivity index (χ2v) is 9.53. The fourth-order valence-electron chi connectivity index (χ4n) is 4.39. The number of piperidine rings is 2. The molecule has 192 valence electrons. The van der Waals surface area contributed by atoms with Gasteiger partial charge in [0.2, 0.25) is 17.8 Å². The average Bonchev–Trinajstić information content (AvgIpc) is 2.95. The molecule has 3 aromatic rings. The lowest BCUT2D eigenvalue weighted by molar-refractivity contribution is 0.474. The molecule has 0 saturated carbocycles. The number of anilines is 3. The van der Waals surface area contributed by atoms with Gasteiger partial charge in [0.1, 0.15) is 11.4 Å². The Hall–Kier alpha value is -3.79. The Morgan fingerprint density at radius 1 is 0.811 bits per heavy atom. The number of nitrogens with zero attached hydrogens (tertiary/aromatic N) is 8. The monoisotopic (exact) mass is 519 g/mol. The fourth-order valence-corrected chi connectivity index (χ4v) is 4.56. The van der Waals surface area contributed by atoms with Crippen LogP contribution in [0.15, 0.2) is 57.8 Å². The summed E-state index contributed by atoms with van der Waals surface area (Å²) in [4.78, 5) is 18.5. The van der Waals surface area contributed by atoms with Gasteiger partial charge in [-0.25, -0.2) is 5.43 Å². The molecule has 0 atom stereocenters. The Balaban J connectivity index is 1.34. The highest BCUT2D eigenvalue weighted by molar-refractivity contribution is 6.32. The van der Waals surface area contributed by atoms with Crippen molar-refractivity contribution in [3.8, 4) is 5.75 Å². The van der Waals surface area contributed by atoms with Gasteiger partial charge in [-0.1, -0.05) is 23.7 Å². The van der Waals surface area contributed by atoms with Crippen molar-refractivity contribution in [2.45, 2.75) is 38.5 Å². The summed E-state index contributed by atoms with van der Waals surface area (Å²) >= 11 is 6.15. The van der Waals surface area contributed by atoms with Crippen LogP contribution in [0.2, 0.25) is 5.02 Å². The van der Waals surface area contributed by atoms with E-state index in [9.17, 15) is 5.11 Å². The zero-order valence-electron chi connectivity index (χ0n) is 20.6. The average molecular weight is 520 g/mol. The van der Waals surface area contributed by atoms with Crippen molar-refractivity contribution in [3.63, 3.8) is 0 Å². The van der Waals surface area contributed by atoms with E-state index in [0.29, 0.717) is 39.8 Å². The number of azo groups is 1. The minimum atomic E-state index is 0.0703. The Morgan fingerprint density at radius 2 is 1.46 bits per heavy atom. The second-order valence-electron chi connectivity index (χ2n) is 9.12. The first kappa shape index (κ1) is 24.9. The molecule has 2 fully saturated rings. The van der Waals surface area contributed by atoms with Gasteiger partial charge < -0.3 is 14.9 Å². The third-order valence-corrected chi connectivity index (χ3v) is 6.71. The van der Waals surface area contributed by atoms with E-state index in [1.807, 2.05) is 12.1 Å². The van der Waals surface area contributed by atoms with Gasteiger partial charge in [0, 0.05) is 31.7 Å². The summed E-state index contributed by atoms with van der Waals surface area (Å²) in [6.07, 6.45) is 8.51. The quantitative estimate of drug-likeness (QED) is 0.221. The van der Waals surface area contributed by atoms with Crippen molar-refractivity contribution < 1.29 is 5.11 Å². The highest BCUT2D eigenvalue weighted by Gasteiger charge is 2.20. The Morgan fingerprint density at radius 3 is 2.11 bits per heavy atom. The van der Waals surface area contributed by atoms with Crippen LogP contribution in [-0.2, 0) is 0 Å². The fraction of sp³-hybridized carbons (Fsp3) is 0.385. The first-order valence-corrected chi connectivity index (χ1v) is 13.1. The molecule has 11 heteroatoms. The molecule has 1 aromatic heterocycles. The van der Waals surface area contributed by atoms with E-state index < -0.39 is 0 Å². The molecule has 0 amide bonds. The van der Waals surface area contributed by atoms with E-state index in [0.717, 1.165) is 51.9 Å². The van der Waals surface area contributed by atoms with E-state index >= 15 is 0 Å². The van der Waals surface area contributed by atoms with Crippen LogP contribution in [0.1, 0.15) is 44.1 Å². The summed E-state index contributed by atoms with van der Waals surface area (Å²) in [5, 5.41) is 23.6. The summed E-state index contributed by atoms with van der Waals surface area (Å²) in [5.74, 6) is 1.80. The molecule has 2 aliphatic rings. The normalized spacial score (nSPS) is 16.6. The summed E-state index contributed by atoms with van der Waals surface area (Å²) < 4.78 is 0. The van der Waals surface area contributed by atoms with Gasteiger partial charge in [0.15, 0.2) is 0 Å². The van der Waals surface area contributed by atoms with Crippen LogP contribution in [0, 0.1) is 0 Å². The van der Waals surface area contributed by atoms with Crippen LogP contribution in [0.5, 0.6) is 5.75 Å². The van der Waals surface area contributed by atoms with E-state index in [-0.39, 0.29) is 5.75 Å². The van der Waals surface area contributed by atoms with Gasteiger partial charge in [0.25, 0.3) is 0 Å². The van der Waals surface area contributed by atoms with Crippen LogP contribution in [0.3, 0.4) is 0 Å². The maximum absolute atomic E-state index is 10.3. The molecule has 3 heterocycles. The number of phenols is 1. The first-order valence-electron chi connectivity index (χ1n) is 12.7. The summed E-state index contributed by atoms with van der Waals surface area (Å²) in [5.41, 5.74) is 4.53. The van der Waals surface area contributed by atoms with Gasteiger partial charge in [-0.3, -0.25) is 0 Å². The maximum atomic E-state index is 10.3. The van der Waals surface area contributed by atoms with Gasteiger partial charge in [-0.05, 0) is 68.9 Å². The van der Waals surface area contributed by atoms with E-state index in [2.05, 4.69) is 40.5 Å². The third kappa shape index (κ3) is 6.51. The molecule has 0 spiro atoms. The molecular weight excluding hydrogens is 490 g/mol. The number of rotatable bonds is 7. The summed E-state index contributed by atoms with van der Waals surface area (Å²) in [6.45, 7) is 3.76. The van der Waals surface area contributed by atoms with Gasteiger partial charge in [0.05, 0.1) is 16.9 Å².